The normalized spacial score (nSPS) is 14.8. The van der Waals surface area contributed by atoms with Gasteiger partial charge in [0.05, 0.1) is 18.8 Å². The highest BCUT2D eigenvalue weighted by Gasteiger charge is 2.41. The van der Waals surface area contributed by atoms with Gasteiger partial charge in [0.15, 0.2) is 0 Å². The number of aliphatic hydroxyl groups is 1. The van der Waals surface area contributed by atoms with E-state index in [2.05, 4.69) is 5.32 Å². The molecule has 1 unspecified atom stereocenters. The highest BCUT2D eigenvalue weighted by molar-refractivity contribution is 5.69. The standard InChI is InChI=1S/C22H28FNO4/c1-21(2,3)28-20(26)24-22(4,17-12-8-9-13-18(17)23)19(14-25)27-15-16-10-6-5-7-11-16/h5-13,19,25H,14-15H2,1-4H3,(H,24,26)/t19?,22-/m1/s1. The van der Waals surface area contributed by atoms with Gasteiger partial charge in [0.2, 0.25) is 0 Å². The number of amides is 1. The highest BCUT2D eigenvalue weighted by atomic mass is 19.1. The van der Waals surface area contributed by atoms with E-state index in [0.29, 0.717) is 0 Å². The molecule has 0 aliphatic rings. The van der Waals surface area contributed by atoms with Gasteiger partial charge in [0.25, 0.3) is 0 Å². The molecule has 2 rings (SSSR count). The first-order chi connectivity index (χ1) is 13.2. The number of carbonyl (C=O) groups excluding carboxylic acids is 1. The SMILES string of the molecule is CC(C)(C)OC(=O)N[C@](C)(c1ccccc1F)C(CO)OCc1ccccc1. The lowest BCUT2D eigenvalue weighted by molar-refractivity contribution is -0.0556. The Hall–Kier alpha value is -2.44. The molecule has 2 aromatic carbocycles. The summed E-state index contributed by atoms with van der Waals surface area (Å²) < 4.78 is 25.8. The van der Waals surface area contributed by atoms with Gasteiger partial charge < -0.3 is 19.9 Å². The van der Waals surface area contributed by atoms with Gasteiger partial charge in [-0.05, 0) is 39.3 Å². The number of halogens is 1. The number of hydrogen-bond acceptors (Lipinski definition) is 4. The molecule has 152 valence electrons. The van der Waals surface area contributed by atoms with E-state index in [1.807, 2.05) is 30.3 Å². The molecule has 2 N–H and O–H groups in total. The summed E-state index contributed by atoms with van der Waals surface area (Å²) in [4.78, 5) is 12.5. The van der Waals surface area contributed by atoms with Crippen LogP contribution < -0.4 is 5.32 Å². The molecule has 0 fully saturated rings. The molecule has 0 heterocycles. The Morgan fingerprint density at radius 1 is 1.07 bits per heavy atom. The van der Waals surface area contributed by atoms with Crippen LogP contribution >= 0.6 is 0 Å². The molecule has 2 atom stereocenters. The van der Waals surface area contributed by atoms with Crippen LogP contribution in [0.2, 0.25) is 0 Å². The molecule has 1 amide bonds. The Morgan fingerprint density at radius 2 is 1.68 bits per heavy atom. The summed E-state index contributed by atoms with van der Waals surface area (Å²) in [6, 6.07) is 15.5. The van der Waals surface area contributed by atoms with Crippen molar-refractivity contribution in [1.82, 2.24) is 5.32 Å². The van der Waals surface area contributed by atoms with Crippen LogP contribution in [0.3, 0.4) is 0 Å². The van der Waals surface area contributed by atoms with Crippen molar-refractivity contribution in [1.29, 1.82) is 0 Å². The van der Waals surface area contributed by atoms with Gasteiger partial charge >= 0.3 is 6.09 Å². The summed E-state index contributed by atoms with van der Waals surface area (Å²) >= 11 is 0. The molecule has 0 aromatic heterocycles. The lowest BCUT2D eigenvalue weighted by Gasteiger charge is -2.38. The largest absolute Gasteiger partial charge is 0.444 e. The van der Waals surface area contributed by atoms with Crippen molar-refractivity contribution in [3.05, 3.63) is 71.5 Å². The first kappa shape index (κ1) is 21.9. The van der Waals surface area contributed by atoms with Crippen molar-refractivity contribution >= 4 is 6.09 Å². The minimum Gasteiger partial charge on any atom is -0.444 e. The van der Waals surface area contributed by atoms with Crippen molar-refractivity contribution in [2.45, 2.75) is 51.5 Å². The maximum absolute atomic E-state index is 14.6. The highest BCUT2D eigenvalue weighted by Crippen LogP contribution is 2.30. The van der Waals surface area contributed by atoms with Gasteiger partial charge in [-0.1, -0.05) is 48.5 Å². The molecule has 0 aliphatic heterocycles. The first-order valence-corrected chi connectivity index (χ1v) is 9.18. The topological polar surface area (TPSA) is 67.8 Å². The molecular formula is C22H28FNO4. The summed E-state index contributed by atoms with van der Waals surface area (Å²) in [6.45, 7) is 6.61. The third-order valence-corrected chi connectivity index (χ3v) is 4.30. The second-order valence-corrected chi connectivity index (χ2v) is 7.78. The molecule has 0 saturated heterocycles. The quantitative estimate of drug-likeness (QED) is 0.747. The molecule has 28 heavy (non-hydrogen) atoms. The van der Waals surface area contributed by atoms with Gasteiger partial charge in [0.1, 0.15) is 17.5 Å². The Balaban J connectivity index is 2.32. The fourth-order valence-corrected chi connectivity index (χ4v) is 2.89. The molecular weight excluding hydrogens is 361 g/mol. The van der Waals surface area contributed by atoms with Crippen molar-refractivity contribution in [2.75, 3.05) is 6.61 Å². The third-order valence-electron chi connectivity index (χ3n) is 4.30. The average molecular weight is 389 g/mol. The van der Waals surface area contributed by atoms with E-state index in [0.717, 1.165) is 5.56 Å². The molecule has 0 spiro atoms. The van der Waals surface area contributed by atoms with Crippen molar-refractivity contribution in [2.24, 2.45) is 0 Å². The Morgan fingerprint density at radius 3 is 2.25 bits per heavy atom. The van der Waals surface area contributed by atoms with Crippen LogP contribution in [0, 0.1) is 5.82 Å². The van der Waals surface area contributed by atoms with Crippen LogP contribution in [0.25, 0.3) is 0 Å². The number of benzene rings is 2. The summed E-state index contributed by atoms with van der Waals surface area (Å²) in [7, 11) is 0. The predicted molar refractivity (Wildman–Crippen MR) is 105 cm³/mol. The second kappa shape index (κ2) is 9.17. The molecule has 2 aromatic rings. The number of alkyl carbamates (subject to hydrolysis) is 1. The summed E-state index contributed by atoms with van der Waals surface area (Å²) in [6.07, 6.45) is -1.63. The van der Waals surface area contributed by atoms with Crippen LogP contribution in [-0.2, 0) is 21.6 Å². The van der Waals surface area contributed by atoms with Crippen molar-refractivity contribution < 1.29 is 23.8 Å². The number of ether oxygens (including phenoxy) is 2. The van der Waals surface area contributed by atoms with E-state index in [4.69, 9.17) is 9.47 Å². The zero-order valence-electron chi connectivity index (χ0n) is 16.7. The summed E-state index contributed by atoms with van der Waals surface area (Å²) in [5.41, 5.74) is -0.973. The molecule has 5 nitrogen and oxygen atoms in total. The average Bonchev–Trinajstić information content (AvgIpc) is 2.61. The fourth-order valence-electron chi connectivity index (χ4n) is 2.89. The zero-order valence-corrected chi connectivity index (χ0v) is 16.7. The van der Waals surface area contributed by atoms with E-state index in [-0.39, 0.29) is 12.2 Å². The molecule has 0 radical (unpaired) electrons. The van der Waals surface area contributed by atoms with Gasteiger partial charge in [-0.25, -0.2) is 9.18 Å². The van der Waals surface area contributed by atoms with Crippen LogP contribution in [0.4, 0.5) is 9.18 Å². The molecule has 0 aliphatic carbocycles. The fraction of sp³-hybridized carbons (Fsp3) is 0.409. The number of hydrogen-bond donors (Lipinski definition) is 2. The molecule has 0 saturated carbocycles. The number of carbonyl (C=O) groups is 1. The minimum absolute atomic E-state index is 0.201. The molecule has 0 bridgehead atoms. The number of nitrogens with one attached hydrogen (secondary N) is 1. The van der Waals surface area contributed by atoms with E-state index in [1.54, 1.807) is 45.9 Å². The smallest absolute Gasteiger partial charge is 0.408 e. The predicted octanol–water partition coefficient (Wildman–Crippen LogP) is 4.14. The summed E-state index contributed by atoms with van der Waals surface area (Å²) in [5, 5.41) is 12.7. The van der Waals surface area contributed by atoms with Crippen LogP contribution in [0.15, 0.2) is 54.6 Å². The monoisotopic (exact) mass is 389 g/mol. The van der Waals surface area contributed by atoms with Gasteiger partial charge in [-0.2, -0.15) is 0 Å². The third kappa shape index (κ3) is 5.78. The van der Waals surface area contributed by atoms with Crippen LogP contribution in [-0.4, -0.2) is 29.5 Å². The van der Waals surface area contributed by atoms with Crippen molar-refractivity contribution in [3.63, 3.8) is 0 Å². The number of rotatable bonds is 7. The van der Waals surface area contributed by atoms with E-state index < -0.39 is 35.8 Å². The Kier molecular flexibility index (Phi) is 7.16. The Bertz CT molecular complexity index is 776. The molecule has 6 heteroatoms. The zero-order chi connectivity index (χ0) is 20.8. The lowest BCUT2D eigenvalue weighted by atomic mass is 9.86. The van der Waals surface area contributed by atoms with E-state index in [1.165, 1.54) is 6.07 Å². The number of aliphatic hydroxyl groups excluding tert-OH is 1. The van der Waals surface area contributed by atoms with Crippen LogP contribution in [0.1, 0.15) is 38.8 Å². The summed E-state index contributed by atoms with van der Waals surface area (Å²) in [5.74, 6) is -0.511. The maximum atomic E-state index is 14.6. The maximum Gasteiger partial charge on any atom is 0.408 e. The van der Waals surface area contributed by atoms with E-state index >= 15 is 0 Å². The lowest BCUT2D eigenvalue weighted by Crippen LogP contribution is -2.55. The second-order valence-electron chi connectivity index (χ2n) is 7.78. The van der Waals surface area contributed by atoms with Crippen molar-refractivity contribution in [3.8, 4) is 0 Å². The van der Waals surface area contributed by atoms with Gasteiger partial charge in [-0.3, -0.25) is 0 Å². The van der Waals surface area contributed by atoms with Crippen LogP contribution in [0.5, 0.6) is 0 Å². The van der Waals surface area contributed by atoms with E-state index in [9.17, 15) is 14.3 Å². The minimum atomic E-state index is -1.35. The first-order valence-electron chi connectivity index (χ1n) is 9.18. The Labute approximate surface area is 165 Å². The van der Waals surface area contributed by atoms with Gasteiger partial charge in [0, 0.05) is 5.56 Å². The van der Waals surface area contributed by atoms with Gasteiger partial charge in [-0.15, -0.1) is 0 Å².